The van der Waals surface area contributed by atoms with Crippen LogP contribution in [0.2, 0.25) is 0 Å². The van der Waals surface area contributed by atoms with Gasteiger partial charge in [0.25, 0.3) is 5.91 Å². The van der Waals surface area contributed by atoms with Crippen LogP contribution >= 0.6 is 0 Å². The number of nitrogens with one attached hydrogen (secondary N) is 1. The number of likely N-dealkylation sites (tertiary alicyclic amines) is 1. The lowest BCUT2D eigenvalue weighted by Crippen LogP contribution is -2.42. The minimum absolute atomic E-state index is 0.136. The highest BCUT2D eigenvalue weighted by Gasteiger charge is 2.33. The summed E-state index contributed by atoms with van der Waals surface area (Å²) in [6.45, 7) is 2.90. The van der Waals surface area contributed by atoms with Gasteiger partial charge in [0.15, 0.2) is 5.82 Å². The van der Waals surface area contributed by atoms with Gasteiger partial charge in [-0.15, -0.1) is 0 Å². The number of nitrogens with zero attached hydrogens (tertiary/aromatic N) is 4. The Kier molecular flexibility index (Phi) is 6.38. The predicted octanol–water partition coefficient (Wildman–Crippen LogP) is 3.59. The van der Waals surface area contributed by atoms with E-state index >= 15 is 0 Å². The number of pyridine rings is 1. The highest BCUT2D eigenvalue weighted by atomic mass is 16.2. The van der Waals surface area contributed by atoms with Crippen LogP contribution in [-0.4, -0.2) is 54.4 Å². The number of rotatable bonds is 6. The molecule has 0 bridgehead atoms. The van der Waals surface area contributed by atoms with Gasteiger partial charge < -0.3 is 10.2 Å². The van der Waals surface area contributed by atoms with Gasteiger partial charge in [-0.25, -0.2) is 4.98 Å². The van der Waals surface area contributed by atoms with Crippen molar-refractivity contribution < 1.29 is 9.59 Å². The van der Waals surface area contributed by atoms with Crippen LogP contribution < -0.4 is 15.1 Å². The normalized spacial score (nSPS) is 17.9. The maximum atomic E-state index is 13.5. The van der Waals surface area contributed by atoms with Crippen LogP contribution in [0.3, 0.4) is 0 Å². The number of aromatic nitrogens is 1. The third-order valence-corrected chi connectivity index (χ3v) is 6.65. The second-order valence-electron chi connectivity index (χ2n) is 8.84. The van der Waals surface area contributed by atoms with E-state index in [1.165, 1.54) is 12.0 Å². The summed E-state index contributed by atoms with van der Waals surface area (Å²) in [4.78, 5) is 36.7. The Bertz CT molecular complexity index is 1180. The van der Waals surface area contributed by atoms with Crippen LogP contribution in [0.5, 0.6) is 0 Å². The van der Waals surface area contributed by atoms with Crippen LogP contribution in [0.1, 0.15) is 28.8 Å². The molecule has 1 fully saturated rings. The molecule has 5 rings (SSSR count). The van der Waals surface area contributed by atoms with Crippen LogP contribution in [0.15, 0.2) is 72.9 Å². The van der Waals surface area contributed by atoms with Crippen LogP contribution in [0, 0.1) is 0 Å². The summed E-state index contributed by atoms with van der Waals surface area (Å²) in [5, 5.41) is 3.39. The fourth-order valence-electron chi connectivity index (χ4n) is 4.91. The lowest BCUT2D eigenvalue weighted by molar-refractivity contribution is -0.117. The van der Waals surface area contributed by atoms with Crippen LogP contribution in [0.25, 0.3) is 0 Å². The van der Waals surface area contributed by atoms with E-state index in [-0.39, 0.29) is 18.4 Å². The van der Waals surface area contributed by atoms with Crippen molar-refractivity contribution in [2.45, 2.75) is 25.4 Å². The summed E-state index contributed by atoms with van der Waals surface area (Å²) in [5.41, 5.74) is 2.97. The molecule has 2 aromatic carbocycles. The summed E-state index contributed by atoms with van der Waals surface area (Å²) in [5.74, 6) is 0.181. The van der Waals surface area contributed by atoms with E-state index in [1.807, 2.05) is 24.3 Å². The maximum Gasteiger partial charge on any atom is 0.260 e. The van der Waals surface area contributed by atoms with Crippen molar-refractivity contribution in [3.8, 4) is 0 Å². The van der Waals surface area contributed by atoms with Gasteiger partial charge in [0, 0.05) is 32.4 Å². The smallest absolute Gasteiger partial charge is 0.260 e. The summed E-state index contributed by atoms with van der Waals surface area (Å²) in [6.07, 6.45) is 3.93. The molecule has 1 aromatic heterocycles. The van der Waals surface area contributed by atoms with Gasteiger partial charge in [-0.1, -0.05) is 42.5 Å². The Morgan fingerprint density at radius 1 is 1.03 bits per heavy atom. The minimum Gasteiger partial charge on any atom is -0.308 e. The molecule has 3 heterocycles. The number of fused-ring (bicyclic) bond motifs is 2. The average Bonchev–Trinajstić information content (AvgIpc) is 3.27. The van der Waals surface area contributed by atoms with E-state index in [0.717, 1.165) is 26.1 Å². The average molecular weight is 456 g/mol. The molecule has 174 valence electrons. The summed E-state index contributed by atoms with van der Waals surface area (Å²) in [7, 11) is 1.72. The zero-order valence-corrected chi connectivity index (χ0v) is 19.4. The van der Waals surface area contributed by atoms with Crippen molar-refractivity contribution in [3.05, 3.63) is 84.1 Å². The first-order valence-electron chi connectivity index (χ1n) is 11.8. The van der Waals surface area contributed by atoms with E-state index in [4.69, 9.17) is 0 Å². The van der Waals surface area contributed by atoms with Gasteiger partial charge >= 0.3 is 0 Å². The molecule has 0 saturated carbocycles. The highest BCUT2D eigenvalue weighted by molar-refractivity contribution is 6.18. The number of benzene rings is 2. The van der Waals surface area contributed by atoms with Gasteiger partial charge in [-0.05, 0) is 49.2 Å². The van der Waals surface area contributed by atoms with E-state index in [1.54, 1.807) is 41.2 Å². The third-order valence-electron chi connectivity index (χ3n) is 6.65. The van der Waals surface area contributed by atoms with Gasteiger partial charge in [-0.3, -0.25) is 19.4 Å². The molecule has 0 radical (unpaired) electrons. The molecule has 0 spiro atoms. The first-order chi connectivity index (χ1) is 16.6. The van der Waals surface area contributed by atoms with E-state index < -0.39 is 0 Å². The first kappa shape index (κ1) is 22.3. The lowest BCUT2D eigenvalue weighted by atomic mass is 10.1. The number of carbonyl (C=O) groups excluding carboxylic acids is 2. The van der Waals surface area contributed by atoms with E-state index in [2.05, 4.69) is 39.5 Å². The van der Waals surface area contributed by atoms with Gasteiger partial charge in [0.1, 0.15) is 0 Å². The molecule has 2 aliphatic rings. The number of para-hydroxylation sites is 1. The Balaban J connectivity index is 1.31. The second-order valence-corrected chi connectivity index (χ2v) is 8.84. The summed E-state index contributed by atoms with van der Waals surface area (Å²) >= 11 is 0. The monoisotopic (exact) mass is 455 g/mol. The fourth-order valence-corrected chi connectivity index (χ4v) is 4.91. The van der Waals surface area contributed by atoms with E-state index in [9.17, 15) is 9.59 Å². The van der Waals surface area contributed by atoms with Gasteiger partial charge in [-0.2, -0.15) is 0 Å². The molecular weight excluding hydrogens is 426 g/mol. The first-order valence-corrected chi connectivity index (χ1v) is 11.8. The molecule has 7 heteroatoms. The molecule has 1 saturated heterocycles. The van der Waals surface area contributed by atoms with Crippen LogP contribution in [-0.2, 0) is 11.3 Å². The fraction of sp³-hybridized carbons (Fsp3) is 0.296. The quantitative estimate of drug-likeness (QED) is 0.615. The molecule has 2 aliphatic heterocycles. The largest absolute Gasteiger partial charge is 0.308 e. The van der Waals surface area contributed by atoms with Gasteiger partial charge in [0.2, 0.25) is 5.91 Å². The molecule has 1 unspecified atom stereocenters. The lowest BCUT2D eigenvalue weighted by Gasteiger charge is -2.26. The number of amides is 2. The number of hydrogen-bond acceptors (Lipinski definition) is 5. The Morgan fingerprint density at radius 2 is 1.79 bits per heavy atom. The molecule has 34 heavy (non-hydrogen) atoms. The third kappa shape index (κ3) is 4.32. The molecule has 2 amide bonds. The topological polar surface area (TPSA) is 68.8 Å². The zero-order chi connectivity index (χ0) is 23.5. The SMILES string of the molecule is CN1C(=O)c2ccccc2N(C(=O)CNCC2CCCN2Cc2ccccc2)c2ncccc21. The predicted molar refractivity (Wildman–Crippen MR) is 133 cm³/mol. The van der Waals surface area contributed by atoms with Crippen LogP contribution in [0.4, 0.5) is 17.2 Å². The van der Waals surface area contributed by atoms with Gasteiger partial charge in [0.05, 0.1) is 23.5 Å². The molecule has 7 nitrogen and oxygen atoms in total. The van der Waals surface area contributed by atoms with Crippen molar-refractivity contribution >= 4 is 29.0 Å². The number of hydrogen-bond donors (Lipinski definition) is 1. The van der Waals surface area contributed by atoms with Crippen molar-refractivity contribution in [1.82, 2.24) is 15.2 Å². The minimum atomic E-state index is -0.157. The van der Waals surface area contributed by atoms with E-state index in [0.29, 0.717) is 28.8 Å². The van der Waals surface area contributed by atoms with Crippen molar-refractivity contribution in [2.75, 3.05) is 36.5 Å². The number of carbonyl (C=O) groups is 2. The number of anilines is 3. The molecule has 3 aromatic rings. The van der Waals surface area contributed by atoms with Crippen molar-refractivity contribution in [3.63, 3.8) is 0 Å². The standard InChI is InChI=1S/C27H29N5O2/c1-30-24-14-7-15-29-26(24)32(23-13-6-5-12-22(23)27(30)34)25(33)18-28-17-21-11-8-16-31(21)19-20-9-3-2-4-10-20/h2-7,9-10,12-15,21,28H,8,11,16-19H2,1H3. The molecule has 1 N–H and O–H groups in total. The highest BCUT2D eigenvalue weighted by Crippen LogP contribution is 2.38. The zero-order valence-electron chi connectivity index (χ0n) is 19.4. The molecule has 0 aliphatic carbocycles. The maximum absolute atomic E-state index is 13.5. The molecule has 1 atom stereocenters. The summed E-state index contributed by atoms with van der Waals surface area (Å²) < 4.78 is 0. The summed E-state index contributed by atoms with van der Waals surface area (Å²) in [6, 6.07) is 21.7. The molecular formula is C27H29N5O2. The van der Waals surface area contributed by atoms with Crippen molar-refractivity contribution in [1.29, 1.82) is 0 Å². The second kappa shape index (κ2) is 9.75. The Hall–Kier alpha value is -3.55. The Labute approximate surface area is 200 Å². The Morgan fingerprint density at radius 3 is 2.65 bits per heavy atom. The van der Waals surface area contributed by atoms with Crippen molar-refractivity contribution in [2.24, 2.45) is 0 Å².